The highest BCUT2D eigenvalue weighted by Gasteiger charge is 2.23. The van der Waals surface area contributed by atoms with Crippen LogP contribution in [0, 0.1) is 6.92 Å². The van der Waals surface area contributed by atoms with Gasteiger partial charge in [-0.05, 0) is 50.6 Å². The number of pyridine rings is 1. The van der Waals surface area contributed by atoms with Crippen LogP contribution in [0.5, 0.6) is 11.5 Å². The van der Waals surface area contributed by atoms with E-state index in [0.29, 0.717) is 21.6 Å². The molecule has 1 aromatic heterocycles. The predicted molar refractivity (Wildman–Crippen MR) is 92.3 cm³/mol. The first-order valence-electron chi connectivity index (χ1n) is 8.02. The zero-order valence-corrected chi connectivity index (χ0v) is 14.7. The van der Waals surface area contributed by atoms with Crippen molar-refractivity contribution in [2.24, 2.45) is 0 Å². The Labute approximate surface area is 145 Å². The van der Waals surface area contributed by atoms with Gasteiger partial charge in [-0.15, -0.1) is 0 Å². The Morgan fingerprint density at radius 3 is 2.44 bits per heavy atom. The number of rotatable bonds is 4. The van der Waals surface area contributed by atoms with Crippen LogP contribution >= 0.6 is 0 Å². The number of aromatic nitrogens is 1. The van der Waals surface area contributed by atoms with Gasteiger partial charge < -0.3 is 10.2 Å². The summed E-state index contributed by atoms with van der Waals surface area (Å²) in [6.45, 7) is 3.83. The number of phenolic OH excluding ortho intramolecular Hbond substituents is 1. The summed E-state index contributed by atoms with van der Waals surface area (Å²) < 4.78 is 25.8. The molecule has 1 aromatic carbocycles. The van der Waals surface area contributed by atoms with Crippen molar-refractivity contribution in [3.63, 3.8) is 0 Å². The van der Waals surface area contributed by atoms with Crippen molar-refractivity contribution in [2.45, 2.75) is 31.2 Å². The summed E-state index contributed by atoms with van der Waals surface area (Å²) in [6, 6.07) is 5.30. The van der Waals surface area contributed by atoms with Crippen molar-refractivity contribution in [3.05, 3.63) is 51.9 Å². The molecule has 134 valence electrons. The number of nitrogens with zero attached hydrogens (tertiary/aromatic N) is 2. The molecule has 2 heterocycles. The van der Waals surface area contributed by atoms with E-state index in [4.69, 9.17) is 0 Å². The van der Waals surface area contributed by atoms with Crippen molar-refractivity contribution >= 4 is 10.0 Å². The fourth-order valence-corrected chi connectivity index (χ4v) is 4.16. The molecule has 0 unspecified atom stereocenters. The monoisotopic (exact) mass is 364 g/mol. The number of phenols is 1. The molecule has 0 aliphatic carbocycles. The molecule has 1 aliphatic heterocycles. The SMILES string of the molecule is Cc1ccc(S(=O)(=O)n2ccc(CN3CCCC3)c(O)c2=O)cc1O. The number of benzene rings is 1. The molecule has 0 bridgehead atoms. The molecule has 2 N–H and O–H groups in total. The van der Waals surface area contributed by atoms with Gasteiger partial charge >= 0.3 is 5.56 Å². The number of hydrogen-bond donors (Lipinski definition) is 2. The van der Waals surface area contributed by atoms with Gasteiger partial charge in [0.1, 0.15) is 5.75 Å². The lowest BCUT2D eigenvalue weighted by Gasteiger charge is -2.16. The minimum Gasteiger partial charge on any atom is -0.508 e. The molecule has 25 heavy (non-hydrogen) atoms. The zero-order valence-electron chi connectivity index (χ0n) is 13.8. The molecule has 2 aromatic rings. The van der Waals surface area contributed by atoms with E-state index in [1.54, 1.807) is 6.92 Å². The average Bonchev–Trinajstić information content (AvgIpc) is 3.07. The molecule has 8 heteroatoms. The van der Waals surface area contributed by atoms with Crippen molar-refractivity contribution in [1.29, 1.82) is 0 Å². The molecule has 0 saturated carbocycles. The summed E-state index contributed by atoms with van der Waals surface area (Å²) >= 11 is 0. The van der Waals surface area contributed by atoms with E-state index >= 15 is 0 Å². The Kier molecular flexibility index (Phi) is 4.57. The highest BCUT2D eigenvalue weighted by atomic mass is 32.2. The number of aryl methyl sites for hydroxylation is 1. The second-order valence-electron chi connectivity index (χ2n) is 6.23. The molecule has 1 saturated heterocycles. The van der Waals surface area contributed by atoms with Crippen LogP contribution in [0.4, 0.5) is 0 Å². The Balaban J connectivity index is 2.00. The Morgan fingerprint density at radius 1 is 1.12 bits per heavy atom. The topological polar surface area (TPSA) is 99.8 Å². The van der Waals surface area contributed by atoms with E-state index in [2.05, 4.69) is 4.90 Å². The van der Waals surface area contributed by atoms with Crippen LogP contribution in [0.1, 0.15) is 24.0 Å². The first-order chi connectivity index (χ1) is 11.8. The lowest BCUT2D eigenvalue weighted by molar-refractivity contribution is 0.323. The van der Waals surface area contributed by atoms with Crippen molar-refractivity contribution < 1.29 is 18.6 Å². The van der Waals surface area contributed by atoms with E-state index in [0.717, 1.165) is 38.2 Å². The first kappa shape index (κ1) is 17.5. The fourth-order valence-electron chi connectivity index (χ4n) is 2.91. The van der Waals surface area contributed by atoms with Gasteiger partial charge in [-0.1, -0.05) is 6.07 Å². The smallest absolute Gasteiger partial charge is 0.306 e. The van der Waals surface area contributed by atoms with Crippen molar-refractivity contribution in [1.82, 2.24) is 8.87 Å². The standard InChI is InChI=1S/C17H20N2O5S/c1-12-4-5-14(10-15(12)20)25(23,24)19-9-6-13(16(21)17(19)22)11-18-7-2-3-8-18/h4-6,9-10,20-21H,2-3,7-8,11H2,1H3. The number of aromatic hydroxyl groups is 2. The van der Waals surface area contributed by atoms with E-state index in [1.165, 1.54) is 18.2 Å². The quantitative estimate of drug-likeness (QED) is 0.851. The predicted octanol–water partition coefficient (Wildman–Crippen LogP) is 1.40. The Hall–Kier alpha value is -2.32. The van der Waals surface area contributed by atoms with Crippen molar-refractivity contribution in [2.75, 3.05) is 13.1 Å². The zero-order chi connectivity index (χ0) is 18.2. The van der Waals surface area contributed by atoms with Gasteiger partial charge in [-0.25, -0.2) is 12.4 Å². The molecular formula is C17H20N2O5S. The van der Waals surface area contributed by atoms with Gasteiger partial charge in [-0.3, -0.25) is 9.69 Å². The minimum absolute atomic E-state index is 0.177. The number of likely N-dealkylation sites (tertiary alicyclic amines) is 1. The van der Waals surface area contributed by atoms with Crippen molar-refractivity contribution in [3.8, 4) is 11.5 Å². The van der Waals surface area contributed by atoms with E-state index in [1.807, 2.05) is 0 Å². The maximum atomic E-state index is 12.7. The van der Waals surface area contributed by atoms with E-state index in [-0.39, 0.29) is 10.6 Å². The van der Waals surface area contributed by atoms with Gasteiger partial charge in [0, 0.05) is 24.4 Å². The normalized spacial score (nSPS) is 15.6. The highest BCUT2D eigenvalue weighted by Crippen LogP contribution is 2.23. The average molecular weight is 364 g/mol. The van der Waals surface area contributed by atoms with Crippen LogP contribution in [0.15, 0.2) is 40.2 Å². The summed E-state index contributed by atoms with van der Waals surface area (Å²) in [5, 5.41) is 19.9. The molecule has 0 spiro atoms. The Morgan fingerprint density at radius 2 is 1.80 bits per heavy atom. The van der Waals surface area contributed by atoms with Crippen LogP contribution in [-0.4, -0.2) is 40.6 Å². The molecule has 7 nitrogen and oxygen atoms in total. The third-order valence-electron chi connectivity index (χ3n) is 4.45. The molecule has 0 atom stereocenters. The second kappa shape index (κ2) is 6.53. The molecular weight excluding hydrogens is 344 g/mol. The maximum absolute atomic E-state index is 12.7. The molecule has 1 aliphatic rings. The number of hydrogen-bond acceptors (Lipinski definition) is 6. The highest BCUT2D eigenvalue weighted by molar-refractivity contribution is 7.90. The van der Waals surface area contributed by atoms with Crippen LogP contribution in [0.2, 0.25) is 0 Å². The summed E-state index contributed by atoms with van der Waals surface area (Å²) in [5.74, 6) is -0.738. The van der Waals surface area contributed by atoms with E-state index < -0.39 is 21.3 Å². The molecule has 3 rings (SSSR count). The first-order valence-corrected chi connectivity index (χ1v) is 9.46. The maximum Gasteiger partial charge on any atom is 0.306 e. The Bertz CT molecular complexity index is 959. The third-order valence-corrected chi connectivity index (χ3v) is 6.10. The largest absolute Gasteiger partial charge is 0.508 e. The summed E-state index contributed by atoms with van der Waals surface area (Å²) in [6.07, 6.45) is 3.30. The van der Waals surface area contributed by atoms with Crippen LogP contribution in [0.25, 0.3) is 0 Å². The van der Waals surface area contributed by atoms with Gasteiger partial charge in [0.25, 0.3) is 10.0 Å². The minimum atomic E-state index is -4.20. The lowest BCUT2D eigenvalue weighted by atomic mass is 10.2. The second-order valence-corrected chi connectivity index (χ2v) is 8.04. The summed E-state index contributed by atoms with van der Waals surface area (Å²) in [4.78, 5) is 14.3. The van der Waals surface area contributed by atoms with Crippen LogP contribution in [-0.2, 0) is 16.6 Å². The summed E-state index contributed by atoms with van der Waals surface area (Å²) in [7, 11) is -4.20. The van der Waals surface area contributed by atoms with E-state index in [9.17, 15) is 23.4 Å². The third kappa shape index (κ3) is 3.27. The molecule has 0 radical (unpaired) electrons. The molecule has 1 fully saturated rings. The lowest BCUT2D eigenvalue weighted by Crippen LogP contribution is -2.28. The van der Waals surface area contributed by atoms with Gasteiger partial charge in [0.05, 0.1) is 4.90 Å². The summed E-state index contributed by atoms with van der Waals surface area (Å²) in [5.41, 5.74) is -0.0584. The van der Waals surface area contributed by atoms with Gasteiger partial charge in [0.2, 0.25) is 0 Å². The van der Waals surface area contributed by atoms with Gasteiger partial charge in [0.15, 0.2) is 5.75 Å². The fraction of sp³-hybridized carbons (Fsp3) is 0.353. The van der Waals surface area contributed by atoms with Crippen LogP contribution in [0.3, 0.4) is 0 Å². The molecule has 0 amide bonds. The van der Waals surface area contributed by atoms with Gasteiger partial charge in [-0.2, -0.15) is 0 Å². The van der Waals surface area contributed by atoms with Crippen LogP contribution < -0.4 is 5.56 Å².